The summed E-state index contributed by atoms with van der Waals surface area (Å²) in [6.07, 6.45) is 0.855. The van der Waals surface area contributed by atoms with Crippen LogP contribution in [0, 0.1) is 0 Å². The quantitative estimate of drug-likeness (QED) is 0.422. The van der Waals surface area contributed by atoms with Crippen molar-refractivity contribution in [2.24, 2.45) is 0 Å². The van der Waals surface area contributed by atoms with Gasteiger partial charge in [0.2, 0.25) is 0 Å². The van der Waals surface area contributed by atoms with Gasteiger partial charge in [0.15, 0.2) is 11.7 Å². The van der Waals surface area contributed by atoms with Crippen LogP contribution < -0.4 is 14.4 Å². The zero-order valence-corrected chi connectivity index (χ0v) is 20.4. The number of nitrogens with zero attached hydrogens (tertiary/aromatic N) is 3. The highest BCUT2D eigenvalue weighted by atomic mass is 79.9. The van der Waals surface area contributed by atoms with E-state index in [1.165, 1.54) is 11.3 Å². The third-order valence-corrected chi connectivity index (χ3v) is 6.79. The summed E-state index contributed by atoms with van der Waals surface area (Å²) in [5, 5.41) is 0.698. The van der Waals surface area contributed by atoms with Gasteiger partial charge in [0.25, 0.3) is 5.91 Å². The van der Waals surface area contributed by atoms with Crippen LogP contribution in [0.1, 0.15) is 6.42 Å². The highest BCUT2D eigenvalue weighted by molar-refractivity contribution is 9.10. The van der Waals surface area contributed by atoms with E-state index in [0.717, 1.165) is 59.7 Å². The van der Waals surface area contributed by atoms with Crippen LogP contribution >= 0.6 is 27.3 Å². The minimum atomic E-state index is -0.110. The zero-order valence-electron chi connectivity index (χ0n) is 18.0. The van der Waals surface area contributed by atoms with Crippen molar-refractivity contribution in [1.82, 2.24) is 9.88 Å². The molecule has 7 nitrogen and oxygen atoms in total. The summed E-state index contributed by atoms with van der Waals surface area (Å²) in [5.74, 6) is 1.26. The van der Waals surface area contributed by atoms with Crippen LogP contribution in [0.15, 0.2) is 46.9 Å². The van der Waals surface area contributed by atoms with E-state index in [-0.39, 0.29) is 12.5 Å². The van der Waals surface area contributed by atoms with E-state index in [2.05, 4.69) is 20.8 Å². The Morgan fingerprint density at radius 3 is 2.69 bits per heavy atom. The van der Waals surface area contributed by atoms with Gasteiger partial charge in [0, 0.05) is 30.7 Å². The van der Waals surface area contributed by atoms with Crippen LogP contribution in [0.25, 0.3) is 10.2 Å². The maximum absolute atomic E-state index is 13.2. The molecule has 0 spiro atoms. The summed E-state index contributed by atoms with van der Waals surface area (Å²) in [5.41, 5.74) is 0.884. The number of morpholine rings is 1. The Morgan fingerprint density at radius 1 is 1.19 bits per heavy atom. The molecule has 4 rings (SSSR count). The molecule has 1 amide bonds. The molecule has 0 aliphatic carbocycles. The highest BCUT2D eigenvalue weighted by Gasteiger charge is 2.21. The van der Waals surface area contributed by atoms with Gasteiger partial charge in [-0.1, -0.05) is 27.3 Å². The third-order valence-electron chi connectivity index (χ3n) is 5.25. The molecule has 170 valence electrons. The molecule has 0 radical (unpaired) electrons. The molecule has 1 aliphatic heterocycles. The molecule has 0 bridgehead atoms. The van der Waals surface area contributed by atoms with E-state index in [4.69, 9.17) is 19.2 Å². The number of halogens is 1. The molecule has 32 heavy (non-hydrogen) atoms. The molecule has 0 unspecified atom stereocenters. The van der Waals surface area contributed by atoms with Crippen LogP contribution in [0.5, 0.6) is 11.5 Å². The fourth-order valence-electron chi connectivity index (χ4n) is 3.50. The lowest BCUT2D eigenvalue weighted by Gasteiger charge is -2.27. The molecule has 1 aliphatic rings. The normalized spacial score (nSPS) is 14.4. The number of rotatable bonds is 9. The summed E-state index contributed by atoms with van der Waals surface area (Å²) in [7, 11) is 1.62. The zero-order chi connectivity index (χ0) is 22.3. The lowest BCUT2D eigenvalue weighted by Crippen LogP contribution is -2.40. The number of fused-ring (bicyclic) bond motifs is 1. The van der Waals surface area contributed by atoms with E-state index >= 15 is 0 Å². The Morgan fingerprint density at radius 2 is 1.94 bits per heavy atom. The average Bonchev–Trinajstić information content (AvgIpc) is 3.24. The van der Waals surface area contributed by atoms with Gasteiger partial charge < -0.3 is 14.2 Å². The van der Waals surface area contributed by atoms with E-state index < -0.39 is 0 Å². The number of thiazole rings is 1. The number of hydrogen-bond donors (Lipinski definition) is 0. The second-order valence-corrected chi connectivity index (χ2v) is 9.35. The molecule has 1 fully saturated rings. The first kappa shape index (κ1) is 23.0. The van der Waals surface area contributed by atoms with Gasteiger partial charge in [-0.15, -0.1) is 0 Å². The molecule has 2 heterocycles. The lowest BCUT2D eigenvalue weighted by atomic mass is 10.3. The molecule has 9 heteroatoms. The maximum atomic E-state index is 13.2. The number of hydrogen-bond acceptors (Lipinski definition) is 7. The minimum absolute atomic E-state index is 0.0521. The van der Waals surface area contributed by atoms with Crippen LogP contribution in [-0.2, 0) is 9.53 Å². The Kier molecular flexibility index (Phi) is 7.96. The first-order valence-electron chi connectivity index (χ1n) is 10.6. The molecular formula is C23H26BrN3O4S. The van der Waals surface area contributed by atoms with Crippen molar-refractivity contribution in [1.29, 1.82) is 0 Å². The summed E-state index contributed by atoms with van der Waals surface area (Å²) >= 11 is 5.03. The largest absolute Gasteiger partial charge is 0.497 e. The Labute approximate surface area is 200 Å². The van der Waals surface area contributed by atoms with Crippen molar-refractivity contribution in [2.45, 2.75) is 6.42 Å². The van der Waals surface area contributed by atoms with Gasteiger partial charge in [-0.2, -0.15) is 0 Å². The van der Waals surface area contributed by atoms with E-state index in [0.29, 0.717) is 17.4 Å². The second-order valence-electron chi connectivity index (χ2n) is 7.43. The monoisotopic (exact) mass is 519 g/mol. The van der Waals surface area contributed by atoms with E-state index in [1.54, 1.807) is 24.1 Å². The lowest BCUT2D eigenvalue weighted by molar-refractivity contribution is -0.120. The predicted octanol–water partition coefficient (Wildman–Crippen LogP) is 4.20. The number of anilines is 1. The SMILES string of the molecule is COc1ccc(OCC(=O)N(CCCN2CCOCC2)c2nc3ccc(Br)cc3s2)cc1. The number of aromatic nitrogens is 1. The number of carbonyl (C=O) groups excluding carboxylic acids is 1. The molecule has 0 saturated carbocycles. The summed E-state index contributed by atoms with van der Waals surface area (Å²) in [6.45, 7) is 4.86. The first-order chi connectivity index (χ1) is 15.6. The summed E-state index contributed by atoms with van der Waals surface area (Å²) in [6, 6.07) is 13.2. The molecular weight excluding hydrogens is 494 g/mol. The van der Waals surface area contributed by atoms with Crippen LogP contribution in [0.2, 0.25) is 0 Å². The van der Waals surface area contributed by atoms with Crippen LogP contribution in [-0.4, -0.2) is 68.9 Å². The molecule has 2 aromatic carbocycles. The predicted molar refractivity (Wildman–Crippen MR) is 130 cm³/mol. The smallest absolute Gasteiger partial charge is 0.266 e. The van der Waals surface area contributed by atoms with E-state index in [1.807, 2.05) is 30.3 Å². The number of methoxy groups -OCH3 is 1. The van der Waals surface area contributed by atoms with Crippen LogP contribution in [0.3, 0.4) is 0 Å². The van der Waals surface area contributed by atoms with Crippen molar-refractivity contribution in [2.75, 3.05) is 58.0 Å². The number of carbonyl (C=O) groups is 1. The first-order valence-corrected chi connectivity index (χ1v) is 12.2. The second kappa shape index (κ2) is 11.1. The average molecular weight is 520 g/mol. The fourth-order valence-corrected chi connectivity index (χ4v) is 5.06. The molecule has 0 N–H and O–H groups in total. The van der Waals surface area contributed by atoms with Gasteiger partial charge in [0.05, 0.1) is 30.5 Å². The van der Waals surface area contributed by atoms with Gasteiger partial charge in [-0.3, -0.25) is 14.6 Å². The number of amides is 1. The van der Waals surface area contributed by atoms with Gasteiger partial charge >= 0.3 is 0 Å². The molecule has 3 aromatic rings. The summed E-state index contributed by atoms with van der Waals surface area (Å²) < 4.78 is 18.4. The van der Waals surface area contributed by atoms with Crippen molar-refractivity contribution < 1.29 is 19.0 Å². The summed E-state index contributed by atoms with van der Waals surface area (Å²) in [4.78, 5) is 22.0. The third kappa shape index (κ3) is 5.98. The number of benzene rings is 2. The topological polar surface area (TPSA) is 64.1 Å². The van der Waals surface area contributed by atoms with Gasteiger partial charge in [0.1, 0.15) is 11.5 Å². The molecule has 1 saturated heterocycles. The highest BCUT2D eigenvalue weighted by Crippen LogP contribution is 2.31. The van der Waals surface area contributed by atoms with E-state index in [9.17, 15) is 4.79 Å². The van der Waals surface area contributed by atoms with Crippen molar-refractivity contribution in [3.8, 4) is 11.5 Å². The van der Waals surface area contributed by atoms with Crippen molar-refractivity contribution >= 4 is 48.5 Å². The fraction of sp³-hybridized carbons (Fsp3) is 0.391. The standard InChI is InChI=1S/C23H26BrN3O4S/c1-29-18-4-6-19(7-5-18)31-16-22(28)27(10-2-9-26-11-13-30-14-12-26)23-25-20-8-3-17(24)15-21(20)32-23/h3-8,15H,2,9-14,16H2,1H3. The van der Waals surface area contributed by atoms with Gasteiger partial charge in [-0.25, -0.2) is 4.98 Å². The maximum Gasteiger partial charge on any atom is 0.266 e. The van der Waals surface area contributed by atoms with Gasteiger partial charge in [-0.05, 0) is 48.9 Å². The Bertz CT molecular complexity index is 1040. The van der Waals surface area contributed by atoms with Crippen molar-refractivity contribution in [3.63, 3.8) is 0 Å². The number of ether oxygens (including phenoxy) is 3. The Hall–Kier alpha value is -2.20. The minimum Gasteiger partial charge on any atom is -0.497 e. The van der Waals surface area contributed by atoms with Crippen LogP contribution in [0.4, 0.5) is 5.13 Å². The Balaban J connectivity index is 1.45. The molecule has 1 aromatic heterocycles. The molecule has 0 atom stereocenters. The van der Waals surface area contributed by atoms with Crippen molar-refractivity contribution in [3.05, 3.63) is 46.9 Å².